The number of amides is 3. The fourth-order valence-electron chi connectivity index (χ4n) is 2.29. The third-order valence-corrected chi connectivity index (χ3v) is 3.24. The zero-order valence-corrected chi connectivity index (χ0v) is 14.3. The summed E-state index contributed by atoms with van der Waals surface area (Å²) < 4.78 is 5.40. The smallest absolute Gasteiger partial charge is 0.410 e. The van der Waals surface area contributed by atoms with Gasteiger partial charge >= 0.3 is 12.1 Å². The van der Waals surface area contributed by atoms with Crippen molar-refractivity contribution in [2.75, 3.05) is 11.9 Å². The van der Waals surface area contributed by atoms with Gasteiger partial charge < -0.3 is 15.0 Å². The molecule has 128 valence electrons. The van der Waals surface area contributed by atoms with E-state index in [1.165, 1.54) is 0 Å². The van der Waals surface area contributed by atoms with Crippen LogP contribution in [0.3, 0.4) is 0 Å². The predicted molar refractivity (Wildman–Crippen MR) is 86.2 cm³/mol. The van der Waals surface area contributed by atoms with Crippen molar-refractivity contribution in [2.24, 2.45) is 0 Å². The third-order valence-electron chi connectivity index (χ3n) is 3.24. The maximum Gasteiger partial charge on any atom is 0.410 e. The van der Waals surface area contributed by atoms with Gasteiger partial charge in [0.15, 0.2) is 5.82 Å². The Bertz CT molecular complexity index is 588. The van der Waals surface area contributed by atoms with E-state index < -0.39 is 5.60 Å². The van der Waals surface area contributed by atoms with Crippen LogP contribution in [0.4, 0.5) is 15.4 Å². The van der Waals surface area contributed by atoms with E-state index in [-0.39, 0.29) is 18.2 Å². The molecule has 0 fully saturated rings. The van der Waals surface area contributed by atoms with Gasteiger partial charge in [-0.05, 0) is 34.6 Å². The van der Waals surface area contributed by atoms with Crippen molar-refractivity contribution in [1.82, 2.24) is 20.4 Å². The topological polar surface area (TPSA) is 99.4 Å². The van der Waals surface area contributed by atoms with Crippen molar-refractivity contribution in [3.05, 3.63) is 11.3 Å². The van der Waals surface area contributed by atoms with Crippen molar-refractivity contribution < 1.29 is 14.3 Å². The number of aromatic amines is 1. The fourth-order valence-corrected chi connectivity index (χ4v) is 2.29. The number of nitrogens with zero attached hydrogens (tertiary/aromatic N) is 2. The summed E-state index contributed by atoms with van der Waals surface area (Å²) in [7, 11) is 0. The molecule has 0 bridgehead atoms. The van der Waals surface area contributed by atoms with Gasteiger partial charge in [0.05, 0.1) is 6.54 Å². The molecule has 3 amide bonds. The van der Waals surface area contributed by atoms with E-state index in [1.807, 2.05) is 34.6 Å². The number of anilines is 1. The summed E-state index contributed by atoms with van der Waals surface area (Å²) in [6, 6.07) is -0.285. The highest BCUT2D eigenvalue weighted by Crippen LogP contribution is 2.25. The van der Waals surface area contributed by atoms with Gasteiger partial charge in [-0.15, -0.1) is 0 Å². The number of H-pyrrole nitrogens is 1. The molecule has 23 heavy (non-hydrogen) atoms. The van der Waals surface area contributed by atoms with Crippen LogP contribution in [0.2, 0.25) is 0 Å². The summed E-state index contributed by atoms with van der Waals surface area (Å²) in [5.41, 5.74) is 1.22. The monoisotopic (exact) mass is 323 g/mol. The highest BCUT2D eigenvalue weighted by atomic mass is 16.6. The molecule has 8 nitrogen and oxygen atoms in total. The molecule has 1 aromatic rings. The first-order chi connectivity index (χ1) is 10.7. The molecule has 1 aliphatic heterocycles. The Labute approximate surface area is 135 Å². The average molecular weight is 323 g/mol. The third kappa shape index (κ3) is 4.61. The number of carbonyl (C=O) groups is 2. The highest BCUT2D eigenvalue weighted by Gasteiger charge is 2.29. The second-order valence-corrected chi connectivity index (χ2v) is 6.93. The van der Waals surface area contributed by atoms with Gasteiger partial charge in [-0.1, -0.05) is 0 Å². The zero-order valence-electron chi connectivity index (χ0n) is 14.3. The lowest BCUT2D eigenvalue weighted by molar-refractivity contribution is 0.0224. The highest BCUT2D eigenvalue weighted by molar-refractivity contribution is 5.89. The lowest BCUT2D eigenvalue weighted by Crippen LogP contribution is -2.40. The minimum Gasteiger partial charge on any atom is -0.444 e. The lowest BCUT2D eigenvalue weighted by Gasteiger charge is -2.30. The summed E-state index contributed by atoms with van der Waals surface area (Å²) in [4.78, 5) is 25.6. The van der Waals surface area contributed by atoms with E-state index in [4.69, 9.17) is 4.74 Å². The van der Waals surface area contributed by atoms with Crippen LogP contribution in [0.25, 0.3) is 0 Å². The summed E-state index contributed by atoms with van der Waals surface area (Å²) >= 11 is 0. The van der Waals surface area contributed by atoms with Crippen LogP contribution in [-0.2, 0) is 17.7 Å². The Morgan fingerprint density at radius 1 is 1.35 bits per heavy atom. The number of ether oxygens (including phenoxy) is 1. The van der Waals surface area contributed by atoms with Crippen molar-refractivity contribution in [3.8, 4) is 0 Å². The van der Waals surface area contributed by atoms with Gasteiger partial charge in [-0.3, -0.25) is 10.4 Å². The van der Waals surface area contributed by atoms with Crippen LogP contribution < -0.4 is 10.6 Å². The predicted octanol–water partition coefficient (Wildman–Crippen LogP) is 2.23. The maximum absolute atomic E-state index is 12.2. The van der Waals surface area contributed by atoms with Gasteiger partial charge in [0.2, 0.25) is 0 Å². The number of rotatable bonds is 2. The standard InChI is InChI=1S/C15H25N5O3/c1-9(2)16-13(21)17-12-10-8-20(7-6-11(10)18-19-12)14(22)23-15(3,4)5/h9H,6-8H2,1-5H3,(H3,16,17,18,19,21). The minimum absolute atomic E-state index is 0.0306. The number of carbonyl (C=O) groups excluding carboxylic acids is 2. The van der Waals surface area contributed by atoms with Gasteiger partial charge in [-0.25, -0.2) is 9.59 Å². The van der Waals surface area contributed by atoms with E-state index in [9.17, 15) is 9.59 Å². The van der Waals surface area contributed by atoms with Crippen LogP contribution in [0.5, 0.6) is 0 Å². The lowest BCUT2D eigenvalue weighted by atomic mass is 10.1. The first-order valence-electron chi connectivity index (χ1n) is 7.77. The number of hydrogen-bond donors (Lipinski definition) is 3. The maximum atomic E-state index is 12.2. The fraction of sp³-hybridized carbons (Fsp3) is 0.667. The molecule has 0 spiro atoms. The Balaban J connectivity index is 2.06. The van der Waals surface area contributed by atoms with E-state index in [2.05, 4.69) is 20.8 Å². The number of fused-ring (bicyclic) bond motifs is 1. The van der Waals surface area contributed by atoms with Gasteiger partial charge in [0.25, 0.3) is 0 Å². The molecule has 0 unspecified atom stereocenters. The average Bonchev–Trinajstić information content (AvgIpc) is 2.78. The zero-order chi connectivity index (χ0) is 17.2. The molecule has 0 atom stereocenters. The Hall–Kier alpha value is -2.25. The molecule has 0 saturated heterocycles. The number of urea groups is 1. The molecule has 0 aromatic carbocycles. The van der Waals surface area contributed by atoms with Crippen LogP contribution in [0.1, 0.15) is 45.9 Å². The Kier molecular flexibility index (Phi) is 4.82. The molecule has 8 heteroatoms. The van der Waals surface area contributed by atoms with Crippen molar-refractivity contribution in [2.45, 2.75) is 59.2 Å². The van der Waals surface area contributed by atoms with E-state index in [0.717, 1.165) is 11.3 Å². The summed E-state index contributed by atoms with van der Waals surface area (Å²) in [5.74, 6) is 0.450. The summed E-state index contributed by atoms with van der Waals surface area (Å²) in [5, 5.41) is 12.5. The molecule has 3 N–H and O–H groups in total. The first-order valence-corrected chi connectivity index (χ1v) is 7.77. The van der Waals surface area contributed by atoms with Gasteiger partial charge in [0.1, 0.15) is 5.60 Å². The van der Waals surface area contributed by atoms with E-state index in [1.54, 1.807) is 4.90 Å². The SMILES string of the molecule is CC(C)NC(=O)Nc1n[nH]c2c1CN(C(=O)OC(C)(C)C)CC2. The summed E-state index contributed by atoms with van der Waals surface area (Å²) in [6.07, 6.45) is 0.289. The summed E-state index contributed by atoms with van der Waals surface area (Å²) in [6.45, 7) is 10.2. The van der Waals surface area contributed by atoms with Gasteiger partial charge in [-0.2, -0.15) is 5.10 Å². The second-order valence-electron chi connectivity index (χ2n) is 6.93. The molecule has 0 saturated carbocycles. The van der Waals surface area contributed by atoms with Crippen LogP contribution >= 0.6 is 0 Å². The molecule has 0 radical (unpaired) electrons. The molecule has 2 heterocycles. The van der Waals surface area contributed by atoms with E-state index >= 15 is 0 Å². The van der Waals surface area contributed by atoms with Crippen molar-refractivity contribution in [1.29, 1.82) is 0 Å². The van der Waals surface area contributed by atoms with Crippen molar-refractivity contribution >= 4 is 17.9 Å². The van der Waals surface area contributed by atoms with Crippen LogP contribution in [0, 0.1) is 0 Å². The molecular weight excluding hydrogens is 298 g/mol. The molecule has 0 aliphatic carbocycles. The minimum atomic E-state index is -0.536. The van der Waals surface area contributed by atoms with Crippen molar-refractivity contribution in [3.63, 3.8) is 0 Å². The second kappa shape index (κ2) is 6.47. The molecule has 1 aliphatic rings. The van der Waals surface area contributed by atoms with Gasteiger partial charge in [0, 0.05) is 30.3 Å². The quantitative estimate of drug-likeness (QED) is 0.777. The number of hydrogen-bond acceptors (Lipinski definition) is 4. The Morgan fingerprint density at radius 3 is 2.65 bits per heavy atom. The molecular formula is C15H25N5O3. The Morgan fingerprint density at radius 2 is 2.04 bits per heavy atom. The molecule has 2 rings (SSSR count). The largest absolute Gasteiger partial charge is 0.444 e. The van der Waals surface area contributed by atoms with E-state index in [0.29, 0.717) is 25.3 Å². The number of aromatic nitrogens is 2. The van der Waals surface area contributed by atoms with Crippen LogP contribution in [0.15, 0.2) is 0 Å². The molecule has 1 aromatic heterocycles. The van der Waals surface area contributed by atoms with Crippen LogP contribution in [-0.4, -0.2) is 45.4 Å². The normalized spacial score (nSPS) is 14.4. The number of nitrogens with one attached hydrogen (secondary N) is 3. The first kappa shape index (κ1) is 17.1.